The van der Waals surface area contributed by atoms with Crippen LogP contribution in [0.2, 0.25) is 0 Å². The molecule has 1 aliphatic heterocycles. The van der Waals surface area contributed by atoms with Gasteiger partial charge in [-0.15, -0.1) is 0 Å². The lowest BCUT2D eigenvalue weighted by molar-refractivity contribution is 0.0684. The third-order valence-electron chi connectivity index (χ3n) is 3.26. The molecule has 2 heterocycles. The SMILES string of the molecule is C[C@H](Oc1nccc(C(=O)O)n1)[C@@H]1CCCN1C. The quantitative estimate of drug-likeness (QED) is 0.861. The van der Waals surface area contributed by atoms with E-state index in [2.05, 4.69) is 21.9 Å². The maximum Gasteiger partial charge on any atom is 0.354 e. The number of rotatable bonds is 4. The third kappa shape index (κ3) is 2.76. The first-order valence-electron chi connectivity index (χ1n) is 6.01. The topological polar surface area (TPSA) is 75.5 Å². The van der Waals surface area contributed by atoms with Gasteiger partial charge >= 0.3 is 12.0 Å². The highest BCUT2D eigenvalue weighted by Crippen LogP contribution is 2.20. The molecular formula is C12H17N3O3. The molecule has 6 heteroatoms. The second kappa shape index (κ2) is 5.30. The van der Waals surface area contributed by atoms with Gasteiger partial charge in [-0.25, -0.2) is 9.78 Å². The zero-order chi connectivity index (χ0) is 13.1. The molecule has 1 saturated heterocycles. The standard InChI is InChI=1S/C12H17N3O3/c1-8(10-4-3-7-15(10)2)18-12-13-6-5-9(14-12)11(16)17/h5-6,8,10H,3-4,7H2,1-2H3,(H,16,17)/t8-,10-/m0/s1. The van der Waals surface area contributed by atoms with Crippen LogP contribution in [-0.2, 0) is 0 Å². The first-order valence-corrected chi connectivity index (χ1v) is 6.01. The number of carboxylic acids is 1. The van der Waals surface area contributed by atoms with Crippen LogP contribution in [0.1, 0.15) is 30.3 Å². The fraction of sp³-hybridized carbons (Fsp3) is 0.583. The van der Waals surface area contributed by atoms with Crippen molar-refractivity contribution >= 4 is 5.97 Å². The molecule has 1 fully saturated rings. The van der Waals surface area contributed by atoms with E-state index >= 15 is 0 Å². The Balaban J connectivity index is 2.04. The van der Waals surface area contributed by atoms with Gasteiger partial charge in [0.1, 0.15) is 6.10 Å². The van der Waals surface area contributed by atoms with Gasteiger partial charge in [0.05, 0.1) is 0 Å². The van der Waals surface area contributed by atoms with Crippen LogP contribution < -0.4 is 4.74 Å². The number of aromatic carboxylic acids is 1. The van der Waals surface area contributed by atoms with E-state index in [4.69, 9.17) is 9.84 Å². The summed E-state index contributed by atoms with van der Waals surface area (Å²) in [6.45, 7) is 3.03. The second-order valence-corrected chi connectivity index (χ2v) is 4.54. The molecular weight excluding hydrogens is 234 g/mol. The minimum Gasteiger partial charge on any atom is -0.477 e. The van der Waals surface area contributed by atoms with Gasteiger partial charge in [0.15, 0.2) is 5.69 Å². The smallest absolute Gasteiger partial charge is 0.354 e. The summed E-state index contributed by atoms with van der Waals surface area (Å²) in [5.74, 6) is -1.08. The van der Waals surface area contributed by atoms with Crippen LogP contribution in [0.4, 0.5) is 0 Å². The lowest BCUT2D eigenvalue weighted by Gasteiger charge is -2.25. The Kier molecular flexibility index (Phi) is 3.76. The molecule has 6 nitrogen and oxygen atoms in total. The van der Waals surface area contributed by atoms with Crippen LogP contribution in [0.3, 0.4) is 0 Å². The second-order valence-electron chi connectivity index (χ2n) is 4.54. The Bertz CT molecular complexity index is 438. The zero-order valence-electron chi connectivity index (χ0n) is 10.5. The number of ether oxygens (including phenoxy) is 1. The van der Waals surface area contributed by atoms with Crippen molar-refractivity contribution in [2.24, 2.45) is 0 Å². The fourth-order valence-electron chi connectivity index (χ4n) is 2.29. The van der Waals surface area contributed by atoms with Gasteiger partial charge in [0.2, 0.25) is 0 Å². The van der Waals surface area contributed by atoms with E-state index < -0.39 is 5.97 Å². The summed E-state index contributed by atoms with van der Waals surface area (Å²) in [7, 11) is 2.06. The van der Waals surface area contributed by atoms with Gasteiger partial charge in [0, 0.05) is 12.2 Å². The van der Waals surface area contributed by atoms with Crippen LogP contribution in [0, 0.1) is 0 Å². The first-order chi connectivity index (χ1) is 8.58. The van der Waals surface area contributed by atoms with Crippen molar-refractivity contribution in [3.63, 3.8) is 0 Å². The molecule has 2 atom stereocenters. The molecule has 0 aliphatic carbocycles. The van der Waals surface area contributed by atoms with Gasteiger partial charge < -0.3 is 9.84 Å². The minimum absolute atomic E-state index is 0.0491. The molecule has 0 saturated carbocycles. The molecule has 0 radical (unpaired) electrons. The molecule has 0 unspecified atom stereocenters. The number of likely N-dealkylation sites (tertiary alicyclic amines) is 1. The molecule has 1 aromatic rings. The highest BCUT2D eigenvalue weighted by Gasteiger charge is 2.28. The van der Waals surface area contributed by atoms with E-state index in [-0.39, 0.29) is 17.8 Å². The molecule has 18 heavy (non-hydrogen) atoms. The average molecular weight is 251 g/mol. The summed E-state index contributed by atoms with van der Waals surface area (Å²) >= 11 is 0. The molecule has 0 bridgehead atoms. The average Bonchev–Trinajstić information content (AvgIpc) is 2.76. The van der Waals surface area contributed by atoms with Crippen molar-refractivity contribution in [3.8, 4) is 6.01 Å². The number of carboxylic acid groups (broad SMARTS) is 1. The maximum atomic E-state index is 10.8. The van der Waals surface area contributed by atoms with Gasteiger partial charge in [-0.1, -0.05) is 0 Å². The Labute approximate surface area is 106 Å². The monoisotopic (exact) mass is 251 g/mol. The highest BCUT2D eigenvalue weighted by molar-refractivity contribution is 5.85. The number of likely N-dealkylation sites (N-methyl/N-ethyl adjacent to an activating group) is 1. The fourth-order valence-corrected chi connectivity index (χ4v) is 2.29. The molecule has 2 rings (SSSR count). The van der Waals surface area contributed by atoms with Crippen LogP contribution in [0.15, 0.2) is 12.3 Å². The molecule has 0 amide bonds. The summed E-state index contributed by atoms with van der Waals surface area (Å²) in [4.78, 5) is 20.8. The van der Waals surface area contributed by atoms with Crippen molar-refractivity contribution in [2.45, 2.75) is 31.9 Å². The van der Waals surface area contributed by atoms with E-state index in [9.17, 15) is 4.79 Å². The van der Waals surface area contributed by atoms with Crippen molar-refractivity contribution in [1.82, 2.24) is 14.9 Å². The highest BCUT2D eigenvalue weighted by atomic mass is 16.5. The van der Waals surface area contributed by atoms with Crippen LogP contribution in [-0.4, -0.2) is 51.7 Å². The van der Waals surface area contributed by atoms with Crippen molar-refractivity contribution in [1.29, 1.82) is 0 Å². The zero-order valence-corrected chi connectivity index (χ0v) is 10.5. The lowest BCUT2D eigenvalue weighted by atomic mass is 10.1. The summed E-state index contributed by atoms with van der Waals surface area (Å²) in [6.07, 6.45) is 3.58. The molecule has 0 aromatic carbocycles. The first kappa shape index (κ1) is 12.8. The number of hydrogen-bond acceptors (Lipinski definition) is 5. The van der Waals surface area contributed by atoms with E-state index in [0.29, 0.717) is 6.04 Å². The minimum atomic E-state index is -1.08. The number of nitrogens with zero attached hydrogens (tertiary/aromatic N) is 3. The van der Waals surface area contributed by atoms with Crippen molar-refractivity contribution < 1.29 is 14.6 Å². The summed E-state index contributed by atoms with van der Waals surface area (Å²) in [6, 6.07) is 1.81. The molecule has 1 aromatic heterocycles. The predicted octanol–water partition coefficient (Wildman–Crippen LogP) is 1.04. The largest absolute Gasteiger partial charge is 0.477 e. The van der Waals surface area contributed by atoms with Crippen LogP contribution in [0.5, 0.6) is 6.01 Å². The summed E-state index contributed by atoms with van der Waals surface area (Å²) in [5.41, 5.74) is -0.0491. The van der Waals surface area contributed by atoms with Crippen molar-refractivity contribution in [2.75, 3.05) is 13.6 Å². The third-order valence-corrected chi connectivity index (χ3v) is 3.26. The van der Waals surface area contributed by atoms with Gasteiger partial charge in [-0.2, -0.15) is 4.98 Å². The van der Waals surface area contributed by atoms with Crippen molar-refractivity contribution in [3.05, 3.63) is 18.0 Å². The molecule has 98 valence electrons. The summed E-state index contributed by atoms with van der Waals surface area (Å²) < 4.78 is 5.63. The number of aromatic nitrogens is 2. The van der Waals surface area contributed by atoms with E-state index in [1.165, 1.54) is 12.3 Å². The van der Waals surface area contributed by atoms with Crippen LogP contribution in [0.25, 0.3) is 0 Å². The van der Waals surface area contributed by atoms with Gasteiger partial charge in [-0.05, 0) is 39.4 Å². The Morgan fingerprint density at radius 2 is 2.44 bits per heavy atom. The molecule has 1 aliphatic rings. The number of hydrogen-bond donors (Lipinski definition) is 1. The van der Waals surface area contributed by atoms with Crippen LogP contribution >= 0.6 is 0 Å². The maximum absolute atomic E-state index is 10.8. The van der Waals surface area contributed by atoms with Gasteiger partial charge in [0.25, 0.3) is 0 Å². The lowest BCUT2D eigenvalue weighted by Crippen LogP contribution is -2.38. The van der Waals surface area contributed by atoms with Gasteiger partial charge in [-0.3, -0.25) is 4.90 Å². The van der Waals surface area contributed by atoms with E-state index in [1.807, 2.05) is 6.92 Å². The predicted molar refractivity (Wildman–Crippen MR) is 64.7 cm³/mol. The van der Waals surface area contributed by atoms with E-state index in [1.54, 1.807) is 0 Å². The number of carbonyl (C=O) groups is 1. The van der Waals surface area contributed by atoms with E-state index in [0.717, 1.165) is 19.4 Å². The molecule has 0 spiro atoms. The Morgan fingerprint density at radius 1 is 1.67 bits per heavy atom. The summed E-state index contributed by atoms with van der Waals surface area (Å²) in [5, 5.41) is 8.84. The Hall–Kier alpha value is -1.69. The normalized spacial score (nSPS) is 21.8. The molecule has 1 N–H and O–H groups in total. The Morgan fingerprint density at radius 3 is 3.06 bits per heavy atom.